The summed E-state index contributed by atoms with van der Waals surface area (Å²) in [6, 6.07) is 4.34. The van der Waals surface area contributed by atoms with Gasteiger partial charge in [-0.05, 0) is 60.4 Å². The van der Waals surface area contributed by atoms with Crippen LogP contribution < -0.4 is 5.32 Å². The van der Waals surface area contributed by atoms with E-state index in [9.17, 15) is 12.8 Å². The molecular weight excluding hydrogens is 347 g/mol. The van der Waals surface area contributed by atoms with Crippen molar-refractivity contribution in [2.45, 2.75) is 17.7 Å². The van der Waals surface area contributed by atoms with Gasteiger partial charge in [0.15, 0.2) is 5.82 Å². The topological polar surface area (TPSA) is 49.4 Å². The minimum atomic E-state index is -3.75. The Morgan fingerprint density at radius 2 is 2.05 bits per heavy atom. The molecule has 0 amide bonds. The SMILES string of the molecule is CNCC1CCN(S(=O)(=O)c2cccc(Br)c2F)CC1. The first-order valence-electron chi connectivity index (χ1n) is 6.55. The van der Waals surface area contributed by atoms with Gasteiger partial charge < -0.3 is 5.32 Å². The van der Waals surface area contributed by atoms with E-state index in [1.54, 1.807) is 0 Å². The maximum absolute atomic E-state index is 14.0. The summed E-state index contributed by atoms with van der Waals surface area (Å²) in [5.74, 6) is -0.233. The van der Waals surface area contributed by atoms with E-state index in [1.165, 1.54) is 22.5 Å². The molecule has 0 unspecified atom stereocenters. The predicted octanol–water partition coefficient (Wildman–Crippen LogP) is 2.21. The standard InChI is InChI=1S/C13H18BrFN2O2S/c1-16-9-10-5-7-17(8-6-10)20(18,19)12-4-2-3-11(14)13(12)15/h2-4,10,16H,5-9H2,1H3. The molecule has 1 saturated heterocycles. The molecule has 1 heterocycles. The highest BCUT2D eigenvalue weighted by Crippen LogP contribution is 2.28. The largest absolute Gasteiger partial charge is 0.319 e. The van der Waals surface area contributed by atoms with Crippen LogP contribution in [0.1, 0.15) is 12.8 Å². The molecule has 0 atom stereocenters. The van der Waals surface area contributed by atoms with Crippen LogP contribution in [-0.4, -0.2) is 39.4 Å². The van der Waals surface area contributed by atoms with E-state index < -0.39 is 15.8 Å². The Labute approximate surface area is 127 Å². The molecule has 1 aromatic carbocycles. The molecule has 112 valence electrons. The van der Waals surface area contributed by atoms with Crippen molar-refractivity contribution in [3.05, 3.63) is 28.5 Å². The fraction of sp³-hybridized carbons (Fsp3) is 0.538. The molecule has 1 aromatic rings. The van der Waals surface area contributed by atoms with E-state index in [4.69, 9.17) is 0 Å². The number of rotatable bonds is 4. The van der Waals surface area contributed by atoms with Gasteiger partial charge in [0.1, 0.15) is 4.90 Å². The number of piperidine rings is 1. The number of sulfonamides is 1. The third kappa shape index (κ3) is 3.21. The van der Waals surface area contributed by atoms with Gasteiger partial charge in [0.25, 0.3) is 0 Å². The Morgan fingerprint density at radius 3 is 2.65 bits per heavy atom. The van der Waals surface area contributed by atoms with Gasteiger partial charge in [0.2, 0.25) is 10.0 Å². The first-order valence-corrected chi connectivity index (χ1v) is 8.79. The molecule has 0 aliphatic carbocycles. The molecule has 1 aliphatic heterocycles. The summed E-state index contributed by atoms with van der Waals surface area (Å²) >= 11 is 3.03. The van der Waals surface area contributed by atoms with Crippen LogP contribution in [0.2, 0.25) is 0 Å². The average Bonchev–Trinajstić information content (AvgIpc) is 2.42. The van der Waals surface area contributed by atoms with Crippen LogP contribution in [0, 0.1) is 11.7 Å². The highest BCUT2D eigenvalue weighted by molar-refractivity contribution is 9.10. The maximum Gasteiger partial charge on any atom is 0.246 e. The van der Waals surface area contributed by atoms with E-state index in [1.807, 2.05) is 7.05 Å². The minimum absolute atomic E-state index is 0.170. The summed E-state index contributed by atoms with van der Waals surface area (Å²) in [6.45, 7) is 1.78. The second kappa shape index (κ2) is 6.51. The first kappa shape index (κ1) is 15.9. The van der Waals surface area contributed by atoms with Crippen LogP contribution >= 0.6 is 15.9 Å². The van der Waals surface area contributed by atoms with E-state index in [2.05, 4.69) is 21.2 Å². The van der Waals surface area contributed by atoms with Crippen molar-refractivity contribution in [2.24, 2.45) is 5.92 Å². The third-order valence-corrected chi connectivity index (χ3v) is 6.13. The molecule has 0 radical (unpaired) electrons. The molecule has 0 spiro atoms. The fourth-order valence-corrected chi connectivity index (χ4v) is 4.52. The van der Waals surface area contributed by atoms with Crippen molar-refractivity contribution in [3.8, 4) is 0 Å². The summed E-state index contributed by atoms with van der Waals surface area (Å²) in [5, 5.41) is 3.11. The summed E-state index contributed by atoms with van der Waals surface area (Å²) in [6.07, 6.45) is 1.60. The zero-order valence-corrected chi connectivity index (χ0v) is 13.7. The molecular formula is C13H18BrFN2O2S. The van der Waals surface area contributed by atoms with E-state index in [-0.39, 0.29) is 9.37 Å². The van der Waals surface area contributed by atoms with E-state index in [0.29, 0.717) is 19.0 Å². The Balaban J connectivity index is 2.18. The number of benzene rings is 1. The minimum Gasteiger partial charge on any atom is -0.319 e. The van der Waals surface area contributed by atoms with Gasteiger partial charge in [0, 0.05) is 13.1 Å². The van der Waals surface area contributed by atoms with Crippen LogP contribution in [0.15, 0.2) is 27.6 Å². The molecule has 0 saturated carbocycles. The van der Waals surface area contributed by atoms with Crippen molar-refractivity contribution >= 4 is 26.0 Å². The van der Waals surface area contributed by atoms with Crippen molar-refractivity contribution in [1.82, 2.24) is 9.62 Å². The molecule has 0 bridgehead atoms. The average molecular weight is 365 g/mol. The lowest BCUT2D eigenvalue weighted by atomic mass is 9.98. The normalized spacial score (nSPS) is 18.4. The van der Waals surface area contributed by atoms with Gasteiger partial charge in [-0.25, -0.2) is 12.8 Å². The van der Waals surface area contributed by atoms with Crippen molar-refractivity contribution in [2.75, 3.05) is 26.7 Å². The van der Waals surface area contributed by atoms with Crippen LogP contribution in [0.5, 0.6) is 0 Å². The zero-order valence-electron chi connectivity index (χ0n) is 11.3. The molecule has 20 heavy (non-hydrogen) atoms. The Kier molecular flexibility index (Phi) is 5.17. The molecule has 1 N–H and O–H groups in total. The molecule has 0 aromatic heterocycles. The second-order valence-corrected chi connectivity index (χ2v) is 7.72. The predicted molar refractivity (Wildman–Crippen MR) is 79.5 cm³/mol. The van der Waals surface area contributed by atoms with Crippen LogP contribution in [0.4, 0.5) is 4.39 Å². The molecule has 4 nitrogen and oxygen atoms in total. The van der Waals surface area contributed by atoms with Gasteiger partial charge in [-0.3, -0.25) is 0 Å². The van der Waals surface area contributed by atoms with Gasteiger partial charge in [-0.15, -0.1) is 0 Å². The smallest absolute Gasteiger partial charge is 0.246 e. The number of nitrogens with one attached hydrogen (secondary N) is 1. The number of hydrogen-bond donors (Lipinski definition) is 1. The van der Waals surface area contributed by atoms with E-state index in [0.717, 1.165) is 19.4 Å². The highest BCUT2D eigenvalue weighted by atomic mass is 79.9. The monoisotopic (exact) mass is 364 g/mol. The van der Waals surface area contributed by atoms with Gasteiger partial charge in [-0.1, -0.05) is 6.07 Å². The fourth-order valence-electron chi connectivity index (χ4n) is 2.46. The number of hydrogen-bond acceptors (Lipinski definition) is 3. The Morgan fingerprint density at radius 1 is 1.40 bits per heavy atom. The van der Waals surface area contributed by atoms with Gasteiger partial charge in [0.05, 0.1) is 4.47 Å². The first-order chi connectivity index (χ1) is 9.46. The van der Waals surface area contributed by atoms with Crippen molar-refractivity contribution < 1.29 is 12.8 Å². The maximum atomic E-state index is 14.0. The third-order valence-electron chi connectivity index (χ3n) is 3.60. The molecule has 2 rings (SSSR count). The van der Waals surface area contributed by atoms with Crippen LogP contribution in [-0.2, 0) is 10.0 Å². The summed E-state index contributed by atoms with van der Waals surface area (Å²) in [5.41, 5.74) is 0. The van der Waals surface area contributed by atoms with Crippen LogP contribution in [0.3, 0.4) is 0 Å². The molecule has 7 heteroatoms. The number of nitrogens with zero attached hydrogens (tertiary/aromatic N) is 1. The summed E-state index contributed by atoms with van der Waals surface area (Å²) in [7, 11) is -1.86. The molecule has 1 aliphatic rings. The lowest BCUT2D eigenvalue weighted by Gasteiger charge is -2.31. The van der Waals surface area contributed by atoms with Crippen molar-refractivity contribution in [1.29, 1.82) is 0 Å². The van der Waals surface area contributed by atoms with Gasteiger partial charge in [-0.2, -0.15) is 4.31 Å². The zero-order chi connectivity index (χ0) is 14.8. The summed E-state index contributed by atoms with van der Waals surface area (Å²) in [4.78, 5) is -0.251. The lowest BCUT2D eigenvalue weighted by Crippen LogP contribution is -2.40. The summed E-state index contributed by atoms with van der Waals surface area (Å²) < 4.78 is 40.5. The van der Waals surface area contributed by atoms with Crippen molar-refractivity contribution in [3.63, 3.8) is 0 Å². The highest BCUT2D eigenvalue weighted by Gasteiger charge is 2.31. The van der Waals surface area contributed by atoms with E-state index >= 15 is 0 Å². The Hall–Kier alpha value is -0.500. The van der Waals surface area contributed by atoms with Gasteiger partial charge >= 0.3 is 0 Å². The Bertz CT molecular complexity index is 572. The van der Waals surface area contributed by atoms with Crippen LogP contribution in [0.25, 0.3) is 0 Å². The second-order valence-electron chi connectivity index (χ2n) is 4.96. The number of halogens is 2. The molecule has 1 fully saturated rings. The quantitative estimate of drug-likeness (QED) is 0.890. The lowest BCUT2D eigenvalue weighted by molar-refractivity contribution is 0.270.